The van der Waals surface area contributed by atoms with Gasteiger partial charge in [-0.3, -0.25) is 9.59 Å². The fraction of sp³-hybridized carbons (Fsp3) is 0.425. The maximum atomic E-state index is 13.2. The first-order chi connectivity index (χ1) is 24.2. The molecular formula is C40H52N2O8. The fourth-order valence-electron chi connectivity index (χ4n) is 5.72. The van der Waals surface area contributed by atoms with E-state index in [0.29, 0.717) is 17.9 Å². The van der Waals surface area contributed by atoms with Crippen molar-refractivity contribution < 1.29 is 38.4 Å². The zero-order chi connectivity index (χ0) is 36.2. The minimum Gasteiger partial charge on any atom is -0.497 e. The van der Waals surface area contributed by atoms with Crippen LogP contribution in [0.4, 0.5) is 0 Å². The van der Waals surface area contributed by atoms with Crippen LogP contribution >= 0.6 is 0 Å². The van der Waals surface area contributed by atoms with Gasteiger partial charge >= 0.3 is 5.97 Å². The molecule has 0 unspecified atom stereocenters. The molecule has 3 N–H and O–H groups in total. The van der Waals surface area contributed by atoms with E-state index in [-0.39, 0.29) is 31.4 Å². The average Bonchev–Trinajstić information content (AvgIpc) is 3.15. The quantitative estimate of drug-likeness (QED) is 0.0519. The molecule has 0 saturated heterocycles. The van der Waals surface area contributed by atoms with Crippen molar-refractivity contribution in [3.8, 4) is 11.5 Å². The number of methoxy groups -OCH3 is 3. The molecule has 10 nitrogen and oxygen atoms in total. The lowest BCUT2D eigenvalue weighted by atomic mass is 9.80. The third-order valence-corrected chi connectivity index (χ3v) is 8.45. The third-order valence-electron chi connectivity index (χ3n) is 8.45. The van der Waals surface area contributed by atoms with Gasteiger partial charge in [-0.15, -0.1) is 0 Å². The lowest BCUT2D eigenvalue weighted by Crippen LogP contribution is -2.53. The highest BCUT2D eigenvalue weighted by Crippen LogP contribution is 2.41. The Morgan fingerprint density at radius 2 is 1.30 bits per heavy atom. The highest BCUT2D eigenvalue weighted by Gasteiger charge is 2.38. The highest BCUT2D eigenvalue weighted by molar-refractivity contribution is 5.88. The van der Waals surface area contributed by atoms with E-state index in [0.717, 1.165) is 55.2 Å². The highest BCUT2D eigenvalue weighted by atomic mass is 16.5. The predicted molar refractivity (Wildman–Crippen MR) is 193 cm³/mol. The van der Waals surface area contributed by atoms with E-state index in [4.69, 9.17) is 14.2 Å². The van der Waals surface area contributed by atoms with E-state index in [1.807, 2.05) is 84.9 Å². The SMILES string of the molecule is COC(=O)C=CCCCCCCCCC(=O)N[C@H](C(=O)NCCOC(c1ccccc1)(c1ccc(OC)cc1)c1ccc(OC)cc1)[C@@H](C)O. The van der Waals surface area contributed by atoms with Gasteiger partial charge in [0.05, 0.1) is 34.0 Å². The van der Waals surface area contributed by atoms with Crippen LogP contribution in [0.5, 0.6) is 11.5 Å². The predicted octanol–water partition coefficient (Wildman–Crippen LogP) is 5.84. The van der Waals surface area contributed by atoms with E-state index in [1.165, 1.54) is 20.1 Å². The van der Waals surface area contributed by atoms with Gasteiger partial charge in [0.1, 0.15) is 23.1 Å². The van der Waals surface area contributed by atoms with E-state index in [2.05, 4.69) is 15.4 Å². The minimum atomic E-state index is -1.09. The molecule has 270 valence electrons. The summed E-state index contributed by atoms with van der Waals surface area (Å²) in [4.78, 5) is 36.9. The van der Waals surface area contributed by atoms with Gasteiger partial charge in [0, 0.05) is 19.0 Å². The van der Waals surface area contributed by atoms with Crippen LogP contribution in [0.3, 0.4) is 0 Å². The number of carbonyl (C=O) groups is 3. The van der Waals surface area contributed by atoms with Crippen molar-refractivity contribution in [1.82, 2.24) is 10.6 Å². The van der Waals surface area contributed by atoms with Crippen LogP contribution < -0.4 is 20.1 Å². The first kappa shape index (κ1) is 39.8. The second-order valence-corrected chi connectivity index (χ2v) is 12.0. The van der Waals surface area contributed by atoms with E-state index < -0.39 is 23.7 Å². The third kappa shape index (κ3) is 12.0. The van der Waals surface area contributed by atoms with Crippen molar-refractivity contribution in [2.75, 3.05) is 34.5 Å². The maximum Gasteiger partial charge on any atom is 0.330 e. The number of nitrogens with one attached hydrogen (secondary N) is 2. The Kier molecular flexibility index (Phi) is 17.0. The largest absolute Gasteiger partial charge is 0.497 e. The summed E-state index contributed by atoms with van der Waals surface area (Å²) in [5.41, 5.74) is 1.58. The first-order valence-corrected chi connectivity index (χ1v) is 17.2. The summed E-state index contributed by atoms with van der Waals surface area (Å²) in [5.74, 6) is 0.309. The number of aliphatic hydroxyl groups is 1. The Bertz CT molecular complexity index is 1430. The lowest BCUT2D eigenvalue weighted by Gasteiger charge is -2.36. The van der Waals surface area contributed by atoms with E-state index >= 15 is 0 Å². The molecule has 0 aromatic heterocycles. The number of carbonyl (C=O) groups excluding carboxylic acids is 3. The van der Waals surface area contributed by atoms with Crippen molar-refractivity contribution in [3.63, 3.8) is 0 Å². The maximum absolute atomic E-state index is 13.2. The smallest absolute Gasteiger partial charge is 0.330 e. The summed E-state index contributed by atoms with van der Waals surface area (Å²) in [6, 6.07) is 24.1. The molecular weight excluding hydrogens is 636 g/mol. The molecule has 10 heteroatoms. The molecule has 0 radical (unpaired) electrons. The summed E-state index contributed by atoms with van der Waals surface area (Å²) in [6.07, 6.45) is 8.90. The summed E-state index contributed by atoms with van der Waals surface area (Å²) >= 11 is 0. The van der Waals surface area contributed by atoms with Crippen LogP contribution in [-0.2, 0) is 29.5 Å². The lowest BCUT2D eigenvalue weighted by molar-refractivity contribution is -0.134. The molecule has 0 saturated carbocycles. The van der Waals surface area contributed by atoms with Gasteiger partial charge in [-0.1, -0.05) is 86.4 Å². The molecule has 0 spiro atoms. The standard InChI is InChI=1S/C40H52N2O8/c1-30(43)38(42-36(44)18-14-9-7-5-6-8-10-15-19-37(45)49-4)39(46)41-28-29-50-40(31-16-12-11-13-17-31,32-20-24-34(47-2)25-21-32)33-22-26-35(48-3)27-23-33/h11-13,15-17,19-27,30,38,43H,5-10,14,18,28-29H2,1-4H3,(H,41,46)(H,42,44)/t30-,38+/m1/s1. The Morgan fingerprint density at radius 1 is 0.760 bits per heavy atom. The Hall–Kier alpha value is -4.67. The number of hydrogen-bond acceptors (Lipinski definition) is 8. The van der Waals surface area contributed by atoms with Gasteiger partial charge in [-0.2, -0.15) is 0 Å². The van der Waals surface area contributed by atoms with Gasteiger partial charge in [0.15, 0.2) is 0 Å². The fourth-order valence-corrected chi connectivity index (χ4v) is 5.72. The number of benzene rings is 3. The Balaban J connectivity index is 1.58. The summed E-state index contributed by atoms with van der Waals surface area (Å²) in [7, 11) is 4.59. The zero-order valence-corrected chi connectivity index (χ0v) is 29.7. The van der Waals surface area contributed by atoms with Gasteiger partial charge in [0.25, 0.3) is 0 Å². The molecule has 0 aliphatic rings. The Morgan fingerprint density at radius 3 is 1.84 bits per heavy atom. The van der Waals surface area contributed by atoms with Crippen molar-refractivity contribution >= 4 is 17.8 Å². The molecule has 50 heavy (non-hydrogen) atoms. The molecule has 3 aromatic carbocycles. The summed E-state index contributed by atoms with van der Waals surface area (Å²) < 4.78 is 22.2. The van der Waals surface area contributed by atoms with Crippen molar-refractivity contribution in [2.45, 2.75) is 76.0 Å². The molecule has 0 aliphatic carbocycles. The Labute approximate surface area is 296 Å². The number of esters is 1. The first-order valence-electron chi connectivity index (χ1n) is 17.2. The average molecular weight is 689 g/mol. The number of unbranched alkanes of at least 4 members (excludes halogenated alkanes) is 6. The number of amides is 2. The number of aliphatic hydroxyl groups excluding tert-OH is 1. The van der Waals surface area contributed by atoms with E-state index in [1.54, 1.807) is 14.2 Å². The van der Waals surface area contributed by atoms with Crippen LogP contribution in [0.25, 0.3) is 0 Å². The second-order valence-electron chi connectivity index (χ2n) is 12.0. The molecule has 2 amide bonds. The van der Waals surface area contributed by atoms with Crippen LogP contribution in [-0.4, -0.2) is 69.5 Å². The molecule has 3 rings (SSSR count). The summed E-state index contributed by atoms with van der Waals surface area (Å²) in [5, 5.41) is 15.9. The monoisotopic (exact) mass is 688 g/mol. The summed E-state index contributed by atoms with van der Waals surface area (Å²) in [6.45, 7) is 1.74. The number of rotatable bonds is 22. The van der Waals surface area contributed by atoms with Gasteiger partial charge in [-0.05, 0) is 67.1 Å². The van der Waals surface area contributed by atoms with Crippen LogP contribution in [0.2, 0.25) is 0 Å². The minimum absolute atomic E-state index is 0.126. The van der Waals surface area contributed by atoms with Gasteiger partial charge < -0.3 is 34.7 Å². The molecule has 2 atom stereocenters. The molecule has 0 bridgehead atoms. The van der Waals surface area contributed by atoms with Crippen LogP contribution in [0.1, 0.15) is 75.0 Å². The second kappa shape index (κ2) is 21.4. The van der Waals surface area contributed by atoms with E-state index in [9.17, 15) is 19.5 Å². The molecule has 0 heterocycles. The van der Waals surface area contributed by atoms with Gasteiger partial charge in [-0.25, -0.2) is 4.79 Å². The van der Waals surface area contributed by atoms with Crippen molar-refractivity contribution in [3.05, 3.63) is 108 Å². The van der Waals surface area contributed by atoms with Crippen molar-refractivity contribution in [2.24, 2.45) is 0 Å². The van der Waals surface area contributed by atoms with Crippen molar-refractivity contribution in [1.29, 1.82) is 0 Å². The van der Waals surface area contributed by atoms with Crippen LogP contribution in [0, 0.1) is 0 Å². The molecule has 0 fully saturated rings. The number of allylic oxidation sites excluding steroid dienone is 1. The normalized spacial score (nSPS) is 12.6. The van der Waals surface area contributed by atoms with Gasteiger partial charge in [0.2, 0.25) is 11.8 Å². The number of ether oxygens (including phenoxy) is 4. The number of hydrogen-bond donors (Lipinski definition) is 3. The topological polar surface area (TPSA) is 132 Å². The molecule has 0 aliphatic heterocycles. The zero-order valence-electron chi connectivity index (χ0n) is 29.7. The molecule has 3 aromatic rings. The van der Waals surface area contributed by atoms with Crippen LogP contribution in [0.15, 0.2) is 91.0 Å².